The standard InChI is InChI=1S/C24H31FN2O2/c25-20-3-1-17(2-4-20)21(27-5-7-29-8-6-27)14-26-22(28)23-11-16-9-18-10-19(13-23)24(18,12-16)15-23/h1-4,16,18-19,21H,5-15H2,(H,26,28). The van der Waals surface area contributed by atoms with Gasteiger partial charge in [-0.1, -0.05) is 12.1 Å². The summed E-state index contributed by atoms with van der Waals surface area (Å²) in [6.45, 7) is 3.71. The summed E-state index contributed by atoms with van der Waals surface area (Å²) in [7, 11) is 0. The van der Waals surface area contributed by atoms with Gasteiger partial charge in [0.1, 0.15) is 5.82 Å². The molecule has 5 heteroatoms. The smallest absolute Gasteiger partial charge is 0.226 e. The lowest BCUT2D eigenvalue weighted by atomic mass is 9.55. The quantitative estimate of drug-likeness (QED) is 0.825. The van der Waals surface area contributed by atoms with Crippen LogP contribution in [0.2, 0.25) is 0 Å². The van der Waals surface area contributed by atoms with Gasteiger partial charge in [-0.25, -0.2) is 4.39 Å². The number of rotatable bonds is 5. The van der Waals surface area contributed by atoms with Crippen molar-refractivity contribution in [3.63, 3.8) is 0 Å². The number of fused-ring (bicyclic) bond motifs is 2. The Bertz CT molecular complexity index is 804. The van der Waals surface area contributed by atoms with Gasteiger partial charge in [0.25, 0.3) is 0 Å². The van der Waals surface area contributed by atoms with Crippen LogP contribution >= 0.6 is 0 Å². The number of carbonyl (C=O) groups excluding carboxylic acids is 1. The molecule has 4 aliphatic carbocycles. The van der Waals surface area contributed by atoms with Gasteiger partial charge in [-0.2, -0.15) is 0 Å². The maximum atomic E-state index is 13.5. The number of ether oxygens (including phenoxy) is 1. The van der Waals surface area contributed by atoms with E-state index in [2.05, 4.69) is 10.2 Å². The van der Waals surface area contributed by atoms with Crippen LogP contribution in [0, 0.1) is 34.4 Å². The van der Waals surface area contributed by atoms with E-state index in [1.165, 1.54) is 31.4 Å². The number of hydrogen-bond acceptors (Lipinski definition) is 3. The molecule has 1 amide bonds. The fraction of sp³-hybridized carbons (Fsp3) is 0.708. The molecular formula is C24H31FN2O2. The fourth-order valence-corrected chi connectivity index (χ4v) is 8.03. The highest BCUT2D eigenvalue weighted by Crippen LogP contribution is 2.78. The van der Waals surface area contributed by atoms with Crippen LogP contribution < -0.4 is 5.32 Å². The molecule has 1 heterocycles. The molecule has 5 fully saturated rings. The Balaban J connectivity index is 1.19. The topological polar surface area (TPSA) is 41.6 Å². The summed E-state index contributed by atoms with van der Waals surface area (Å²) in [5.41, 5.74) is 1.48. The van der Waals surface area contributed by atoms with E-state index in [0.29, 0.717) is 25.2 Å². The normalized spacial score (nSPS) is 41.1. The van der Waals surface area contributed by atoms with E-state index in [0.717, 1.165) is 55.7 Å². The molecule has 156 valence electrons. The van der Waals surface area contributed by atoms with E-state index < -0.39 is 0 Å². The van der Waals surface area contributed by atoms with Crippen molar-refractivity contribution in [3.8, 4) is 0 Å². The third-order valence-corrected chi connectivity index (χ3v) is 9.14. The molecule has 6 rings (SSSR count). The monoisotopic (exact) mass is 398 g/mol. The zero-order chi connectivity index (χ0) is 19.6. The van der Waals surface area contributed by atoms with Gasteiger partial charge in [0.05, 0.1) is 24.7 Å². The highest BCUT2D eigenvalue weighted by molar-refractivity contribution is 5.83. The first-order valence-corrected chi connectivity index (χ1v) is 11.4. The molecule has 1 spiro atoms. The number of amides is 1. The van der Waals surface area contributed by atoms with Crippen LogP contribution in [-0.4, -0.2) is 43.7 Å². The molecular weight excluding hydrogens is 367 g/mol. The number of halogens is 1. The van der Waals surface area contributed by atoms with Crippen molar-refractivity contribution in [2.45, 2.75) is 44.6 Å². The zero-order valence-electron chi connectivity index (χ0n) is 17.0. The predicted molar refractivity (Wildman–Crippen MR) is 108 cm³/mol. The molecule has 4 saturated carbocycles. The predicted octanol–water partition coefficient (Wildman–Crippen LogP) is 3.53. The van der Waals surface area contributed by atoms with Crippen molar-refractivity contribution in [2.75, 3.05) is 32.8 Å². The maximum Gasteiger partial charge on any atom is 0.226 e. The molecule has 5 aliphatic rings. The van der Waals surface area contributed by atoms with Crippen LogP contribution in [0.3, 0.4) is 0 Å². The Morgan fingerprint density at radius 1 is 1.14 bits per heavy atom. The van der Waals surface area contributed by atoms with E-state index in [1.54, 1.807) is 0 Å². The number of morpholine rings is 1. The maximum absolute atomic E-state index is 13.5. The Hall–Kier alpha value is -1.46. The second kappa shape index (κ2) is 6.52. The molecule has 3 bridgehead atoms. The van der Waals surface area contributed by atoms with Crippen molar-refractivity contribution >= 4 is 5.91 Å². The van der Waals surface area contributed by atoms with Gasteiger partial charge in [-0.3, -0.25) is 9.69 Å². The van der Waals surface area contributed by atoms with Gasteiger partial charge >= 0.3 is 0 Å². The Kier molecular flexibility index (Phi) is 4.12. The minimum absolute atomic E-state index is 0.0733. The average Bonchev–Trinajstić information content (AvgIpc) is 3.05. The van der Waals surface area contributed by atoms with Gasteiger partial charge in [0.15, 0.2) is 0 Å². The fourth-order valence-electron chi connectivity index (χ4n) is 8.03. The first kappa shape index (κ1) is 18.3. The van der Waals surface area contributed by atoms with Gasteiger partial charge < -0.3 is 10.1 Å². The second-order valence-corrected chi connectivity index (χ2v) is 10.5. The first-order valence-electron chi connectivity index (χ1n) is 11.4. The van der Waals surface area contributed by atoms with Crippen LogP contribution in [0.5, 0.6) is 0 Å². The lowest BCUT2D eigenvalue weighted by Crippen LogP contribution is -2.48. The molecule has 1 aliphatic heterocycles. The number of benzene rings is 1. The largest absolute Gasteiger partial charge is 0.379 e. The molecule has 1 aromatic rings. The molecule has 6 unspecified atom stereocenters. The van der Waals surface area contributed by atoms with Gasteiger partial charge in [-0.05, 0) is 79.4 Å². The summed E-state index contributed by atoms with van der Waals surface area (Å²) >= 11 is 0. The van der Waals surface area contributed by atoms with Crippen LogP contribution in [0.15, 0.2) is 24.3 Å². The second-order valence-electron chi connectivity index (χ2n) is 10.5. The Morgan fingerprint density at radius 2 is 1.93 bits per heavy atom. The number of hydrogen-bond donors (Lipinski definition) is 1. The van der Waals surface area contributed by atoms with Gasteiger partial charge in [-0.15, -0.1) is 0 Å². The summed E-state index contributed by atoms with van der Waals surface area (Å²) in [6, 6.07) is 6.84. The molecule has 6 atom stereocenters. The van der Waals surface area contributed by atoms with E-state index in [-0.39, 0.29) is 23.2 Å². The van der Waals surface area contributed by atoms with Crippen molar-refractivity contribution in [2.24, 2.45) is 28.6 Å². The molecule has 1 aromatic carbocycles. The van der Waals surface area contributed by atoms with Crippen LogP contribution in [0.1, 0.15) is 50.1 Å². The van der Waals surface area contributed by atoms with Gasteiger partial charge in [0.2, 0.25) is 5.91 Å². The zero-order valence-corrected chi connectivity index (χ0v) is 17.0. The Labute approximate surface area is 172 Å². The summed E-state index contributed by atoms with van der Waals surface area (Å²) in [5.74, 6) is 2.56. The SMILES string of the molecule is O=C(NCC(c1ccc(F)cc1)N1CCOCC1)C12CC3CC4CC(C1)C4(C3)C2. The summed E-state index contributed by atoms with van der Waals surface area (Å²) in [5, 5.41) is 3.37. The third kappa shape index (κ3) is 2.73. The van der Waals surface area contributed by atoms with Crippen molar-refractivity contribution in [1.82, 2.24) is 10.2 Å². The molecule has 0 radical (unpaired) electrons. The minimum Gasteiger partial charge on any atom is -0.379 e. The number of carbonyl (C=O) groups is 1. The van der Waals surface area contributed by atoms with Crippen LogP contribution in [-0.2, 0) is 9.53 Å². The van der Waals surface area contributed by atoms with Crippen molar-refractivity contribution < 1.29 is 13.9 Å². The molecule has 0 aromatic heterocycles. The minimum atomic E-state index is -0.217. The highest BCUT2D eigenvalue weighted by atomic mass is 19.1. The van der Waals surface area contributed by atoms with Crippen LogP contribution in [0.4, 0.5) is 4.39 Å². The highest BCUT2D eigenvalue weighted by Gasteiger charge is 2.72. The van der Waals surface area contributed by atoms with Gasteiger partial charge in [0, 0.05) is 19.6 Å². The van der Waals surface area contributed by atoms with E-state index in [1.807, 2.05) is 12.1 Å². The number of nitrogens with one attached hydrogen (secondary N) is 1. The van der Waals surface area contributed by atoms with E-state index >= 15 is 0 Å². The lowest BCUT2D eigenvalue weighted by Gasteiger charge is -2.49. The van der Waals surface area contributed by atoms with Crippen LogP contribution in [0.25, 0.3) is 0 Å². The van der Waals surface area contributed by atoms with E-state index in [4.69, 9.17) is 4.74 Å². The molecule has 29 heavy (non-hydrogen) atoms. The summed E-state index contributed by atoms with van der Waals surface area (Å²) in [4.78, 5) is 15.9. The van der Waals surface area contributed by atoms with Crippen molar-refractivity contribution in [1.29, 1.82) is 0 Å². The summed E-state index contributed by atoms with van der Waals surface area (Å²) in [6.07, 6.45) is 7.49. The summed E-state index contributed by atoms with van der Waals surface area (Å²) < 4.78 is 19.0. The molecule has 1 saturated heterocycles. The third-order valence-electron chi connectivity index (χ3n) is 9.14. The lowest BCUT2D eigenvalue weighted by molar-refractivity contribution is -0.133. The molecule has 1 N–H and O–H groups in total. The molecule has 4 nitrogen and oxygen atoms in total. The number of nitrogens with zero attached hydrogens (tertiary/aromatic N) is 1. The average molecular weight is 399 g/mol. The van der Waals surface area contributed by atoms with E-state index in [9.17, 15) is 9.18 Å². The Morgan fingerprint density at radius 3 is 2.72 bits per heavy atom. The first-order chi connectivity index (χ1) is 14.1. The van der Waals surface area contributed by atoms with Crippen molar-refractivity contribution in [3.05, 3.63) is 35.6 Å².